The highest BCUT2D eigenvalue weighted by Gasteiger charge is 1.87. The summed E-state index contributed by atoms with van der Waals surface area (Å²) in [4.78, 5) is 0. The summed E-state index contributed by atoms with van der Waals surface area (Å²) in [7, 11) is 0. The molecule has 1 heteroatoms. The van der Waals surface area contributed by atoms with Gasteiger partial charge in [-0.1, -0.05) is 12.2 Å². The van der Waals surface area contributed by atoms with Gasteiger partial charge in [0.15, 0.2) is 0 Å². The van der Waals surface area contributed by atoms with Gasteiger partial charge in [-0.05, 0) is 0 Å². The third-order valence-electron chi connectivity index (χ3n) is 0.760. The van der Waals surface area contributed by atoms with Crippen molar-refractivity contribution in [1.82, 2.24) is 5.41 Å². The highest BCUT2D eigenvalue weighted by atomic mass is 14.4. The molecule has 43 valence electrons. The Labute approximate surface area is 50.2 Å². The predicted molar refractivity (Wildman–Crippen MR) is 36.8 cm³/mol. The second-order valence-electron chi connectivity index (χ2n) is 1.55. The molecule has 0 aliphatic carbocycles. The molecule has 0 N–H and O–H groups in total. The maximum absolute atomic E-state index is 8.82. The number of allylic oxidation sites excluding steroid dienone is 2. The average Bonchev–Trinajstić information content (AvgIpc) is 1.68. The minimum absolute atomic E-state index is 0.426. The van der Waals surface area contributed by atoms with Crippen molar-refractivity contribution in [3.05, 3.63) is 25.3 Å². The number of hydrogen-bond acceptors (Lipinski definition) is 0. The maximum atomic E-state index is 8.82. The van der Waals surface area contributed by atoms with E-state index >= 15 is 0 Å². The highest BCUT2D eigenvalue weighted by Crippen LogP contribution is 1.88. The first-order valence-electron chi connectivity index (χ1n) is 2.56. The number of nitrogens with zero attached hydrogens (tertiary/aromatic N) is 1. The smallest absolute Gasteiger partial charge is 0.0480 e. The minimum atomic E-state index is 0.426. The molecule has 0 rings (SSSR count). The Morgan fingerprint density at radius 2 is 1.62 bits per heavy atom. The molecule has 0 fully saturated rings. The molecule has 8 heavy (non-hydrogen) atoms. The zero-order valence-electron chi connectivity index (χ0n) is 4.93. The van der Waals surface area contributed by atoms with E-state index < -0.39 is 0 Å². The van der Waals surface area contributed by atoms with E-state index in [9.17, 15) is 0 Å². The molecule has 0 heterocycles. The number of hydrogen-bond donors (Lipinski definition) is 0. The molecule has 0 aromatic rings. The second kappa shape index (κ2) is 4.31. The summed E-state index contributed by atoms with van der Waals surface area (Å²) < 4.78 is 0. The molecule has 0 aromatic heterocycles. The van der Waals surface area contributed by atoms with Gasteiger partial charge < -0.3 is 0 Å². The molecule has 1 radical (unpaired) electrons. The first kappa shape index (κ1) is 7.15. The third-order valence-corrected chi connectivity index (χ3v) is 0.760. The summed E-state index contributed by atoms with van der Waals surface area (Å²) in [6.45, 7) is 6.94. The Morgan fingerprint density at radius 3 is 1.88 bits per heavy atom. The predicted octanol–water partition coefficient (Wildman–Crippen LogP) is 1.38. The lowest BCUT2D eigenvalue weighted by atomic mass is 10.2. The SMILES string of the molecule is C=CCC(=[N])CC=C. The Bertz CT molecular complexity index is 91.0. The van der Waals surface area contributed by atoms with Gasteiger partial charge in [0.25, 0.3) is 0 Å². The molecule has 0 aromatic carbocycles. The molecule has 0 aliphatic rings. The second-order valence-corrected chi connectivity index (χ2v) is 1.55. The lowest BCUT2D eigenvalue weighted by Gasteiger charge is -1.88. The molecule has 0 amide bonds. The van der Waals surface area contributed by atoms with E-state index in [0.717, 1.165) is 0 Å². The molecule has 1 nitrogen and oxygen atoms in total. The van der Waals surface area contributed by atoms with Crippen LogP contribution in [0.5, 0.6) is 0 Å². The van der Waals surface area contributed by atoms with Crippen LogP contribution in [-0.4, -0.2) is 5.71 Å². The summed E-state index contributed by atoms with van der Waals surface area (Å²) >= 11 is 0. The summed E-state index contributed by atoms with van der Waals surface area (Å²) in [5, 5.41) is 8.82. The Kier molecular flexibility index (Phi) is 3.85. The van der Waals surface area contributed by atoms with Crippen molar-refractivity contribution in [3.63, 3.8) is 0 Å². The minimum Gasteiger partial charge on any atom is -0.160 e. The quantitative estimate of drug-likeness (QED) is 0.383. The molecule has 0 atom stereocenters. The summed E-state index contributed by atoms with van der Waals surface area (Å²) in [6.07, 6.45) is 4.48. The van der Waals surface area contributed by atoms with Crippen molar-refractivity contribution >= 4 is 5.71 Å². The van der Waals surface area contributed by atoms with Crippen LogP contribution in [0.1, 0.15) is 12.8 Å². The van der Waals surface area contributed by atoms with Crippen LogP contribution >= 0.6 is 0 Å². The van der Waals surface area contributed by atoms with Crippen LogP contribution in [0.4, 0.5) is 0 Å². The lowest BCUT2D eigenvalue weighted by molar-refractivity contribution is 1.34. The fourth-order valence-corrected chi connectivity index (χ4v) is 0.417. The van der Waals surface area contributed by atoms with Gasteiger partial charge in [0, 0.05) is 18.6 Å². The highest BCUT2D eigenvalue weighted by molar-refractivity contribution is 5.84. The fraction of sp³-hybridized carbons (Fsp3) is 0.286. The van der Waals surface area contributed by atoms with E-state index in [2.05, 4.69) is 13.2 Å². The summed E-state index contributed by atoms with van der Waals surface area (Å²) in [5.41, 5.74) is 0.426. The standard InChI is InChI=1S/C7H10N/c1-3-5-7(8)6-4-2/h3-4H,1-2,5-6H2. The van der Waals surface area contributed by atoms with Crippen molar-refractivity contribution in [2.45, 2.75) is 12.8 Å². The van der Waals surface area contributed by atoms with Gasteiger partial charge in [0.05, 0.1) is 0 Å². The molecule has 0 saturated carbocycles. The van der Waals surface area contributed by atoms with Crippen molar-refractivity contribution in [2.24, 2.45) is 0 Å². The monoisotopic (exact) mass is 108 g/mol. The average molecular weight is 108 g/mol. The van der Waals surface area contributed by atoms with E-state index in [1.165, 1.54) is 0 Å². The molecule has 0 bridgehead atoms. The fourth-order valence-electron chi connectivity index (χ4n) is 0.417. The topological polar surface area (TPSA) is 22.3 Å². The van der Waals surface area contributed by atoms with Gasteiger partial charge in [-0.15, -0.1) is 13.2 Å². The van der Waals surface area contributed by atoms with E-state index in [0.29, 0.717) is 18.6 Å². The lowest BCUT2D eigenvalue weighted by Crippen LogP contribution is -1.93. The van der Waals surface area contributed by atoms with Gasteiger partial charge in [0.2, 0.25) is 0 Å². The van der Waals surface area contributed by atoms with Crippen LogP contribution in [0, 0.1) is 0 Å². The summed E-state index contributed by atoms with van der Waals surface area (Å²) in [5.74, 6) is 0. The molecule has 0 spiro atoms. The maximum Gasteiger partial charge on any atom is 0.0480 e. The largest absolute Gasteiger partial charge is 0.160 e. The number of rotatable bonds is 4. The van der Waals surface area contributed by atoms with Crippen molar-refractivity contribution < 1.29 is 0 Å². The van der Waals surface area contributed by atoms with Crippen LogP contribution in [0.3, 0.4) is 0 Å². The third kappa shape index (κ3) is 3.34. The van der Waals surface area contributed by atoms with Crippen LogP contribution in [0.2, 0.25) is 0 Å². The van der Waals surface area contributed by atoms with Crippen molar-refractivity contribution in [1.29, 1.82) is 0 Å². The first-order valence-corrected chi connectivity index (χ1v) is 2.56. The van der Waals surface area contributed by atoms with Crippen LogP contribution < -0.4 is 5.41 Å². The Morgan fingerprint density at radius 1 is 1.25 bits per heavy atom. The van der Waals surface area contributed by atoms with Gasteiger partial charge in [-0.2, -0.15) is 5.41 Å². The Hall–Kier alpha value is -0.850. The van der Waals surface area contributed by atoms with Crippen LogP contribution in [0.15, 0.2) is 25.3 Å². The van der Waals surface area contributed by atoms with E-state index in [1.54, 1.807) is 12.2 Å². The van der Waals surface area contributed by atoms with Gasteiger partial charge in [0.1, 0.15) is 0 Å². The van der Waals surface area contributed by atoms with Gasteiger partial charge in [-0.3, -0.25) is 0 Å². The molecule has 0 unspecified atom stereocenters. The Balaban J connectivity index is 3.32. The molecular weight excluding hydrogens is 98.1 g/mol. The van der Waals surface area contributed by atoms with Crippen molar-refractivity contribution in [2.75, 3.05) is 0 Å². The van der Waals surface area contributed by atoms with E-state index in [4.69, 9.17) is 5.41 Å². The summed E-state index contributed by atoms with van der Waals surface area (Å²) in [6, 6.07) is 0. The normalized spacial score (nSPS) is 8.00. The van der Waals surface area contributed by atoms with E-state index in [-0.39, 0.29) is 0 Å². The van der Waals surface area contributed by atoms with Gasteiger partial charge in [-0.25, -0.2) is 0 Å². The zero-order chi connectivity index (χ0) is 6.41. The van der Waals surface area contributed by atoms with E-state index in [1.807, 2.05) is 0 Å². The zero-order valence-corrected chi connectivity index (χ0v) is 4.93. The molecule has 0 saturated heterocycles. The first-order chi connectivity index (χ1) is 3.81. The van der Waals surface area contributed by atoms with Gasteiger partial charge >= 0.3 is 0 Å². The molecule has 0 aliphatic heterocycles. The van der Waals surface area contributed by atoms with Crippen molar-refractivity contribution in [3.8, 4) is 0 Å². The molecular formula is C7H10N. The van der Waals surface area contributed by atoms with Crippen LogP contribution in [-0.2, 0) is 0 Å². The van der Waals surface area contributed by atoms with Crippen LogP contribution in [0.25, 0.3) is 0 Å².